The monoisotopic (exact) mass is 363 g/mol. The van der Waals surface area contributed by atoms with Crippen LogP contribution in [0.3, 0.4) is 0 Å². The highest BCUT2D eigenvalue weighted by molar-refractivity contribution is 5.80. The summed E-state index contributed by atoms with van der Waals surface area (Å²) in [7, 11) is 3.88. The summed E-state index contributed by atoms with van der Waals surface area (Å²) >= 11 is 0. The number of aliphatic imine (C=N–C) groups is 1. The number of hydrogen-bond donors (Lipinski definition) is 1. The number of morpholine rings is 1. The molecule has 1 aromatic heterocycles. The van der Waals surface area contributed by atoms with Gasteiger partial charge in [-0.25, -0.2) is 0 Å². The molecule has 2 aliphatic rings. The SMILES string of the molecule is CCc1nn(C)c(CC)c1CNC(=NC)N1CCOC(C2CCCO2)C1. The average Bonchev–Trinajstić information content (AvgIpc) is 3.30. The summed E-state index contributed by atoms with van der Waals surface area (Å²) in [5.41, 5.74) is 3.78. The number of guanidine groups is 1. The highest BCUT2D eigenvalue weighted by Gasteiger charge is 2.32. The lowest BCUT2D eigenvalue weighted by Gasteiger charge is -2.37. The van der Waals surface area contributed by atoms with Gasteiger partial charge in [-0.3, -0.25) is 9.67 Å². The number of hydrogen-bond acceptors (Lipinski definition) is 4. The minimum atomic E-state index is 0.139. The van der Waals surface area contributed by atoms with Gasteiger partial charge < -0.3 is 19.7 Å². The number of rotatable bonds is 5. The van der Waals surface area contributed by atoms with E-state index in [0.717, 1.165) is 64.5 Å². The first kappa shape index (κ1) is 19.2. The number of nitrogens with zero attached hydrogens (tertiary/aromatic N) is 4. The van der Waals surface area contributed by atoms with Crippen molar-refractivity contribution < 1.29 is 9.47 Å². The smallest absolute Gasteiger partial charge is 0.194 e. The number of aryl methyl sites for hydroxylation is 2. The Kier molecular flexibility index (Phi) is 6.53. The van der Waals surface area contributed by atoms with E-state index < -0.39 is 0 Å². The molecule has 0 bridgehead atoms. The molecule has 146 valence electrons. The Balaban J connectivity index is 1.65. The van der Waals surface area contributed by atoms with Gasteiger partial charge in [0, 0.05) is 51.6 Å². The van der Waals surface area contributed by atoms with E-state index in [1.165, 1.54) is 17.0 Å². The number of aromatic nitrogens is 2. The second-order valence-corrected chi connectivity index (χ2v) is 7.01. The lowest BCUT2D eigenvalue weighted by atomic mass is 10.1. The van der Waals surface area contributed by atoms with Crippen molar-refractivity contribution in [1.82, 2.24) is 20.0 Å². The van der Waals surface area contributed by atoms with E-state index in [2.05, 4.69) is 34.2 Å². The predicted molar refractivity (Wildman–Crippen MR) is 102 cm³/mol. The molecule has 0 spiro atoms. The summed E-state index contributed by atoms with van der Waals surface area (Å²) < 4.78 is 13.8. The average molecular weight is 364 g/mol. The normalized spacial score (nSPS) is 24.3. The Morgan fingerprint density at radius 2 is 2.04 bits per heavy atom. The van der Waals surface area contributed by atoms with Crippen LogP contribution in [0.4, 0.5) is 0 Å². The molecular weight excluding hydrogens is 330 g/mol. The number of ether oxygens (including phenoxy) is 2. The molecule has 7 heteroatoms. The molecule has 0 aromatic carbocycles. The zero-order valence-electron chi connectivity index (χ0n) is 16.6. The Hall–Kier alpha value is -1.60. The summed E-state index contributed by atoms with van der Waals surface area (Å²) in [6.45, 7) is 8.37. The van der Waals surface area contributed by atoms with Gasteiger partial charge in [0.05, 0.1) is 18.4 Å². The molecular formula is C19H33N5O2. The van der Waals surface area contributed by atoms with Gasteiger partial charge in [-0.05, 0) is 25.7 Å². The highest BCUT2D eigenvalue weighted by atomic mass is 16.5. The van der Waals surface area contributed by atoms with Crippen molar-refractivity contribution >= 4 is 5.96 Å². The second-order valence-electron chi connectivity index (χ2n) is 7.01. The minimum Gasteiger partial charge on any atom is -0.375 e. The van der Waals surface area contributed by atoms with Crippen molar-refractivity contribution in [3.63, 3.8) is 0 Å². The van der Waals surface area contributed by atoms with Gasteiger partial charge in [0.2, 0.25) is 0 Å². The topological polar surface area (TPSA) is 63.9 Å². The molecule has 2 atom stereocenters. The first-order chi connectivity index (χ1) is 12.7. The van der Waals surface area contributed by atoms with E-state index in [-0.39, 0.29) is 12.2 Å². The maximum atomic E-state index is 5.96. The summed E-state index contributed by atoms with van der Waals surface area (Å²) in [4.78, 5) is 6.81. The predicted octanol–water partition coefficient (Wildman–Crippen LogP) is 1.50. The van der Waals surface area contributed by atoms with Crippen molar-refractivity contribution in [1.29, 1.82) is 0 Å². The van der Waals surface area contributed by atoms with Crippen LogP contribution in [-0.2, 0) is 35.9 Å². The molecule has 26 heavy (non-hydrogen) atoms. The summed E-state index contributed by atoms with van der Waals surface area (Å²) in [6.07, 6.45) is 4.53. The number of nitrogens with one attached hydrogen (secondary N) is 1. The van der Waals surface area contributed by atoms with Gasteiger partial charge in [0.1, 0.15) is 6.10 Å². The van der Waals surface area contributed by atoms with Crippen LogP contribution < -0.4 is 5.32 Å². The first-order valence-corrected chi connectivity index (χ1v) is 9.90. The van der Waals surface area contributed by atoms with E-state index in [9.17, 15) is 0 Å². The van der Waals surface area contributed by atoms with Crippen molar-refractivity contribution in [2.45, 2.75) is 58.3 Å². The van der Waals surface area contributed by atoms with Crippen LogP contribution >= 0.6 is 0 Å². The molecule has 0 radical (unpaired) electrons. The van der Waals surface area contributed by atoms with E-state index >= 15 is 0 Å². The third-order valence-corrected chi connectivity index (χ3v) is 5.44. The fraction of sp³-hybridized carbons (Fsp3) is 0.789. The molecule has 2 unspecified atom stereocenters. The van der Waals surface area contributed by atoms with Gasteiger partial charge in [0.25, 0.3) is 0 Å². The quantitative estimate of drug-likeness (QED) is 0.634. The third-order valence-electron chi connectivity index (χ3n) is 5.44. The fourth-order valence-corrected chi connectivity index (χ4v) is 4.08. The second kappa shape index (κ2) is 8.86. The van der Waals surface area contributed by atoms with Gasteiger partial charge in [-0.1, -0.05) is 13.8 Å². The van der Waals surface area contributed by atoms with E-state index in [1.807, 2.05) is 18.8 Å². The van der Waals surface area contributed by atoms with Gasteiger partial charge >= 0.3 is 0 Å². The molecule has 2 fully saturated rings. The van der Waals surface area contributed by atoms with Crippen LogP contribution in [0.25, 0.3) is 0 Å². The molecule has 1 N–H and O–H groups in total. The van der Waals surface area contributed by atoms with Crippen LogP contribution in [0.1, 0.15) is 43.6 Å². The molecule has 0 amide bonds. The zero-order chi connectivity index (χ0) is 18.5. The maximum Gasteiger partial charge on any atom is 0.194 e. The third kappa shape index (κ3) is 4.04. The molecule has 0 aliphatic carbocycles. The highest BCUT2D eigenvalue weighted by Crippen LogP contribution is 2.21. The van der Waals surface area contributed by atoms with Crippen molar-refractivity contribution in [2.24, 2.45) is 12.0 Å². The summed E-state index contributed by atoms with van der Waals surface area (Å²) in [5.74, 6) is 0.934. The van der Waals surface area contributed by atoms with Gasteiger partial charge in [-0.15, -0.1) is 0 Å². The Bertz CT molecular complexity index is 622. The largest absolute Gasteiger partial charge is 0.375 e. The molecule has 3 rings (SSSR count). The Morgan fingerprint density at radius 3 is 2.69 bits per heavy atom. The molecule has 7 nitrogen and oxygen atoms in total. The van der Waals surface area contributed by atoms with Crippen LogP contribution in [0.2, 0.25) is 0 Å². The summed E-state index contributed by atoms with van der Waals surface area (Å²) in [5, 5.41) is 8.22. The molecule has 2 saturated heterocycles. The Morgan fingerprint density at radius 1 is 1.23 bits per heavy atom. The first-order valence-electron chi connectivity index (χ1n) is 9.90. The van der Waals surface area contributed by atoms with Gasteiger partial charge in [-0.2, -0.15) is 5.10 Å². The minimum absolute atomic E-state index is 0.139. The van der Waals surface area contributed by atoms with Crippen molar-refractivity contribution in [3.05, 3.63) is 17.0 Å². The lowest BCUT2D eigenvalue weighted by Crippen LogP contribution is -2.53. The van der Waals surface area contributed by atoms with Crippen molar-refractivity contribution in [3.8, 4) is 0 Å². The van der Waals surface area contributed by atoms with Gasteiger partial charge in [0.15, 0.2) is 5.96 Å². The molecule has 2 aliphatic heterocycles. The summed E-state index contributed by atoms with van der Waals surface area (Å²) in [6, 6.07) is 0. The molecule has 0 saturated carbocycles. The standard InChI is InChI=1S/C19H33N5O2/c1-5-15-14(16(6-2)23(4)22-15)12-21-19(20-3)24-9-11-26-18(13-24)17-8-7-10-25-17/h17-18H,5-13H2,1-4H3,(H,20,21). The van der Waals surface area contributed by atoms with E-state index in [1.54, 1.807) is 0 Å². The maximum absolute atomic E-state index is 5.96. The van der Waals surface area contributed by atoms with Crippen LogP contribution in [0.5, 0.6) is 0 Å². The molecule has 3 heterocycles. The lowest BCUT2D eigenvalue weighted by molar-refractivity contribution is -0.0817. The Labute approximate surface area is 156 Å². The fourth-order valence-electron chi connectivity index (χ4n) is 4.08. The molecule has 1 aromatic rings. The van der Waals surface area contributed by atoms with Crippen molar-refractivity contribution in [2.75, 3.05) is 33.4 Å². The van der Waals surface area contributed by atoms with E-state index in [0.29, 0.717) is 0 Å². The van der Waals surface area contributed by atoms with Crippen LogP contribution in [0, 0.1) is 0 Å². The van der Waals surface area contributed by atoms with Crippen LogP contribution in [0.15, 0.2) is 4.99 Å². The van der Waals surface area contributed by atoms with E-state index in [4.69, 9.17) is 9.47 Å². The van der Waals surface area contributed by atoms with Crippen LogP contribution in [-0.4, -0.2) is 66.2 Å². The zero-order valence-corrected chi connectivity index (χ0v) is 16.6.